The number of aliphatic hydroxyl groups excluding tert-OH is 1. The van der Waals surface area contributed by atoms with Crippen molar-refractivity contribution >= 4 is 5.97 Å². The maximum absolute atomic E-state index is 10.5. The summed E-state index contributed by atoms with van der Waals surface area (Å²) in [6.45, 7) is 0.718. The molecular formula is C6H12O5. The lowest BCUT2D eigenvalue weighted by Gasteiger charge is -2.19. The van der Waals surface area contributed by atoms with Crippen LogP contribution in [0.4, 0.5) is 0 Å². The van der Waals surface area contributed by atoms with E-state index < -0.39 is 18.0 Å². The summed E-state index contributed by atoms with van der Waals surface area (Å²) in [5.41, 5.74) is -1.28. The summed E-state index contributed by atoms with van der Waals surface area (Å²) in [5.74, 6) is -1.11. The van der Waals surface area contributed by atoms with Gasteiger partial charge in [0.15, 0.2) is 0 Å². The number of hydrogen-bond acceptors (Lipinski definition) is 4. The van der Waals surface area contributed by atoms with E-state index in [1.807, 2.05) is 0 Å². The van der Waals surface area contributed by atoms with Crippen molar-refractivity contribution < 1.29 is 24.8 Å². The van der Waals surface area contributed by atoms with E-state index in [-0.39, 0.29) is 6.61 Å². The van der Waals surface area contributed by atoms with Crippen LogP contribution in [0.3, 0.4) is 0 Å². The van der Waals surface area contributed by atoms with E-state index in [2.05, 4.69) is 9.78 Å². The Morgan fingerprint density at radius 1 is 1.64 bits per heavy atom. The van der Waals surface area contributed by atoms with E-state index >= 15 is 0 Å². The van der Waals surface area contributed by atoms with Crippen molar-refractivity contribution in [3.8, 4) is 0 Å². The molecule has 0 aromatic carbocycles. The minimum absolute atomic E-state index is 0.171. The second-order valence-electron chi connectivity index (χ2n) is 2.45. The molecule has 5 heteroatoms. The van der Waals surface area contributed by atoms with E-state index in [1.54, 1.807) is 0 Å². The van der Waals surface area contributed by atoms with Crippen molar-refractivity contribution in [3.05, 3.63) is 0 Å². The summed E-state index contributed by atoms with van der Waals surface area (Å²) in [6.07, 6.45) is 0. The fourth-order valence-electron chi connectivity index (χ4n) is 0.364. The van der Waals surface area contributed by atoms with Gasteiger partial charge in [-0.25, -0.2) is 9.78 Å². The quantitative estimate of drug-likeness (QED) is 0.429. The fourth-order valence-corrected chi connectivity index (χ4v) is 0.364. The molecule has 0 fully saturated rings. The monoisotopic (exact) mass is 164 g/mol. The average molecular weight is 164 g/mol. The number of rotatable bonds is 5. The number of carbonyl (C=O) groups is 1. The van der Waals surface area contributed by atoms with Crippen molar-refractivity contribution in [1.82, 2.24) is 0 Å². The molecule has 0 saturated carbocycles. The largest absolute Gasteiger partial charge is 0.481 e. The van der Waals surface area contributed by atoms with Gasteiger partial charge in [-0.2, -0.15) is 0 Å². The summed E-state index contributed by atoms with van der Waals surface area (Å²) >= 11 is 0. The van der Waals surface area contributed by atoms with Gasteiger partial charge in [-0.05, 0) is 6.92 Å². The Labute approximate surface area is 64.5 Å². The predicted molar refractivity (Wildman–Crippen MR) is 35.8 cm³/mol. The van der Waals surface area contributed by atoms with Crippen molar-refractivity contribution in [1.29, 1.82) is 0 Å². The van der Waals surface area contributed by atoms with Crippen LogP contribution in [0.15, 0.2) is 0 Å². The lowest BCUT2D eigenvalue weighted by molar-refractivity contribution is -0.289. The molecule has 1 unspecified atom stereocenters. The van der Waals surface area contributed by atoms with Gasteiger partial charge in [-0.15, -0.1) is 0 Å². The van der Waals surface area contributed by atoms with Crippen molar-refractivity contribution in [2.75, 3.05) is 20.3 Å². The number of hydrogen-bond donors (Lipinski definition) is 2. The van der Waals surface area contributed by atoms with Crippen LogP contribution < -0.4 is 0 Å². The molecule has 0 aliphatic rings. The first kappa shape index (κ1) is 10.3. The average Bonchev–Trinajstić information content (AvgIpc) is 2.00. The first-order valence-corrected chi connectivity index (χ1v) is 3.06. The van der Waals surface area contributed by atoms with E-state index in [9.17, 15) is 4.79 Å². The molecule has 0 rings (SSSR count). The summed E-state index contributed by atoms with van der Waals surface area (Å²) in [6, 6.07) is 0. The minimum Gasteiger partial charge on any atom is -0.481 e. The zero-order valence-corrected chi connectivity index (χ0v) is 6.53. The third-order valence-corrected chi connectivity index (χ3v) is 1.36. The second kappa shape index (κ2) is 4.27. The highest BCUT2D eigenvalue weighted by Gasteiger charge is 2.33. The molecule has 2 N–H and O–H groups in total. The van der Waals surface area contributed by atoms with Gasteiger partial charge < -0.3 is 10.2 Å². The van der Waals surface area contributed by atoms with Gasteiger partial charge in [-0.1, -0.05) is 0 Å². The van der Waals surface area contributed by atoms with Gasteiger partial charge in [0.25, 0.3) is 0 Å². The molecule has 5 nitrogen and oxygen atoms in total. The highest BCUT2D eigenvalue weighted by molar-refractivity contribution is 5.74. The van der Waals surface area contributed by atoms with Crippen molar-refractivity contribution in [2.24, 2.45) is 5.41 Å². The highest BCUT2D eigenvalue weighted by Crippen LogP contribution is 2.15. The van der Waals surface area contributed by atoms with Crippen LogP contribution in [0, 0.1) is 5.41 Å². The minimum atomic E-state index is -1.28. The maximum Gasteiger partial charge on any atom is 0.314 e. The van der Waals surface area contributed by atoms with Crippen molar-refractivity contribution in [3.63, 3.8) is 0 Å². The van der Waals surface area contributed by atoms with E-state index in [0.29, 0.717) is 0 Å². The van der Waals surface area contributed by atoms with Gasteiger partial charge in [0.05, 0.1) is 13.7 Å². The predicted octanol–water partition coefficient (Wildman–Crippen LogP) is -0.352. The zero-order chi connectivity index (χ0) is 8.91. The third-order valence-electron chi connectivity index (χ3n) is 1.36. The Balaban J connectivity index is 3.99. The fraction of sp³-hybridized carbons (Fsp3) is 0.833. The molecule has 0 bridgehead atoms. The highest BCUT2D eigenvalue weighted by atomic mass is 17.2. The topological polar surface area (TPSA) is 76.0 Å². The Hall–Kier alpha value is -0.650. The molecule has 0 saturated heterocycles. The normalized spacial score (nSPS) is 15.9. The summed E-state index contributed by atoms with van der Waals surface area (Å²) in [7, 11) is 1.28. The first-order valence-electron chi connectivity index (χ1n) is 3.06. The van der Waals surface area contributed by atoms with Crippen molar-refractivity contribution in [2.45, 2.75) is 6.92 Å². The smallest absolute Gasteiger partial charge is 0.314 e. The number of aliphatic carboxylic acids is 1. The SMILES string of the molecule is COOCC(C)(CO)C(=O)O. The molecule has 0 aliphatic heterocycles. The molecule has 11 heavy (non-hydrogen) atoms. The number of carboxylic acids is 1. The molecule has 0 radical (unpaired) electrons. The van der Waals surface area contributed by atoms with E-state index in [4.69, 9.17) is 10.2 Å². The Morgan fingerprint density at radius 2 is 2.18 bits per heavy atom. The lowest BCUT2D eigenvalue weighted by atomic mass is 9.94. The molecule has 0 spiro atoms. The van der Waals surface area contributed by atoms with Gasteiger partial charge in [0.1, 0.15) is 12.0 Å². The summed E-state index contributed by atoms with van der Waals surface area (Å²) < 4.78 is 0. The van der Waals surface area contributed by atoms with Crippen LogP contribution in [-0.2, 0) is 14.6 Å². The molecule has 66 valence electrons. The van der Waals surface area contributed by atoms with Gasteiger partial charge in [0, 0.05) is 0 Å². The molecule has 0 heterocycles. The van der Waals surface area contributed by atoms with Crippen LogP contribution in [-0.4, -0.2) is 36.5 Å². The molecule has 0 aromatic rings. The van der Waals surface area contributed by atoms with Crippen LogP contribution in [0.25, 0.3) is 0 Å². The maximum atomic E-state index is 10.5. The molecule has 0 aliphatic carbocycles. The molecule has 0 aromatic heterocycles. The standard InChI is InChI=1S/C6H12O5/c1-6(3-7,5(8)9)4-11-10-2/h7H,3-4H2,1-2H3,(H,8,9). The van der Waals surface area contributed by atoms with E-state index in [1.165, 1.54) is 14.0 Å². The Morgan fingerprint density at radius 3 is 2.45 bits per heavy atom. The summed E-state index contributed by atoms with van der Waals surface area (Å²) in [4.78, 5) is 19.1. The second-order valence-corrected chi connectivity index (χ2v) is 2.45. The van der Waals surface area contributed by atoms with Gasteiger partial charge in [-0.3, -0.25) is 4.79 Å². The number of aliphatic hydroxyl groups is 1. The van der Waals surface area contributed by atoms with Gasteiger partial charge >= 0.3 is 5.97 Å². The van der Waals surface area contributed by atoms with Crippen LogP contribution in [0.2, 0.25) is 0 Å². The summed E-state index contributed by atoms with van der Waals surface area (Å²) in [5, 5.41) is 17.2. The molecular weight excluding hydrogens is 152 g/mol. The molecule has 1 atom stereocenters. The molecule has 0 amide bonds. The van der Waals surface area contributed by atoms with Crippen LogP contribution >= 0.6 is 0 Å². The number of carboxylic acid groups (broad SMARTS) is 1. The zero-order valence-electron chi connectivity index (χ0n) is 6.53. The van der Waals surface area contributed by atoms with Gasteiger partial charge in [0.2, 0.25) is 0 Å². The Bertz CT molecular complexity index is 135. The van der Waals surface area contributed by atoms with E-state index in [0.717, 1.165) is 0 Å². The third kappa shape index (κ3) is 2.83. The lowest BCUT2D eigenvalue weighted by Crippen LogP contribution is -2.36. The van der Waals surface area contributed by atoms with Crippen LogP contribution in [0.5, 0.6) is 0 Å². The first-order chi connectivity index (χ1) is 5.06. The Kier molecular flexibility index (Phi) is 4.02. The van der Waals surface area contributed by atoms with Crippen LogP contribution in [0.1, 0.15) is 6.92 Å².